The van der Waals surface area contributed by atoms with Gasteiger partial charge in [0.05, 0.1) is 6.04 Å². The largest absolute Gasteiger partial charge is 0.318 e. The normalized spacial score (nSPS) is 11.9. The Hall–Kier alpha value is -0.300. The lowest BCUT2D eigenvalue weighted by Crippen LogP contribution is -2.10. The van der Waals surface area contributed by atoms with Gasteiger partial charge in [0.2, 0.25) is 0 Å². The summed E-state index contributed by atoms with van der Waals surface area (Å²) >= 11 is 5.01. The van der Waals surface area contributed by atoms with Gasteiger partial charge in [0.25, 0.3) is 0 Å². The van der Waals surface area contributed by atoms with E-state index in [2.05, 4.69) is 27.8 Å². The van der Waals surface area contributed by atoms with Gasteiger partial charge >= 0.3 is 0 Å². The van der Waals surface area contributed by atoms with Gasteiger partial charge in [-0.05, 0) is 22.9 Å². The van der Waals surface area contributed by atoms with E-state index >= 15 is 0 Å². The van der Waals surface area contributed by atoms with Crippen LogP contribution in [0.3, 0.4) is 0 Å². The van der Waals surface area contributed by atoms with Crippen LogP contribution in [0, 0.1) is 11.8 Å². The second-order valence-electron chi connectivity index (χ2n) is 2.19. The third-order valence-corrected chi connectivity index (χ3v) is 2.75. The van der Waals surface area contributed by atoms with Crippen molar-refractivity contribution in [3.8, 4) is 11.8 Å². The summed E-state index contributed by atoms with van der Waals surface area (Å²) in [6.45, 7) is 1.87. The Labute approximate surface area is 78.7 Å². The molecule has 0 aliphatic heterocycles. The van der Waals surface area contributed by atoms with E-state index in [1.165, 1.54) is 0 Å². The number of halogens is 1. The molecule has 0 radical (unpaired) electrons. The number of rotatable bonds is 0. The highest BCUT2D eigenvalue weighted by molar-refractivity contribution is 9.10. The first-order valence-electron chi connectivity index (χ1n) is 3.19. The zero-order valence-electron chi connectivity index (χ0n) is 6.10. The van der Waals surface area contributed by atoms with E-state index in [9.17, 15) is 0 Å². The molecule has 0 fully saturated rings. The molecule has 1 heterocycles. The molecule has 0 aliphatic carbocycles. The van der Waals surface area contributed by atoms with Crippen molar-refractivity contribution in [1.82, 2.24) is 0 Å². The average molecular weight is 230 g/mol. The fourth-order valence-corrected chi connectivity index (χ4v) is 1.89. The predicted octanol–water partition coefficient (Wildman–Crippen LogP) is 2.21. The van der Waals surface area contributed by atoms with Crippen molar-refractivity contribution in [3.63, 3.8) is 0 Å². The molecule has 0 aromatic carbocycles. The molecule has 0 bridgehead atoms. The van der Waals surface area contributed by atoms with Gasteiger partial charge in [-0.3, -0.25) is 0 Å². The SMILES string of the molecule is CC(N)C#Cc1cscc1Br. The fraction of sp³-hybridized carbons (Fsp3) is 0.250. The molecule has 3 heteroatoms. The maximum atomic E-state index is 5.47. The first-order chi connectivity index (χ1) is 5.20. The molecule has 0 amide bonds. The van der Waals surface area contributed by atoms with Gasteiger partial charge in [0, 0.05) is 20.8 Å². The molecular formula is C8H8BrNS. The zero-order chi connectivity index (χ0) is 8.27. The third-order valence-electron chi connectivity index (χ3n) is 1.05. The van der Waals surface area contributed by atoms with Gasteiger partial charge in [-0.25, -0.2) is 0 Å². The van der Waals surface area contributed by atoms with Crippen molar-refractivity contribution in [3.05, 3.63) is 20.8 Å². The summed E-state index contributed by atoms with van der Waals surface area (Å²) in [5, 5.41) is 4.00. The quantitative estimate of drug-likeness (QED) is 0.679. The van der Waals surface area contributed by atoms with Gasteiger partial charge in [-0.1, -0.05) is 11.8 Å². The lowest BCUT2D eigenvalue weighted by atomic mass is 10.3. The van der Waals surface area contributed by atoms with Crippen molar-refractivity contribution in [1.29, 1.82) is 0 Å². The number of hydrogen-bond donors (Lipinski definition) is 1. The first-order valence-corrected chi connectivity index (χ1v) is 4.92. The van der Waals surface area contributed by atoms with Gasteiger partial charge in [0.15, 0.2) is 0 Å². The van der Waals surface area contributed by atoms with Crippen LogP contribution >= 0.6 is 27.3 Å². The molecule has 1 aromatic heterocycles. The minimum atomic E-state index is -0.0539. The third kappa shape index (κ3) is 2.66. The van der Waals surface area contributed by atoms with Crippen molar-refractivity contribution in [2.75, 3.05) is 0 Å². The van der Waals surface area contributed by atoms with Crippen LogP contribution in [-0.2, 0) is 0 Å². The van der Waals surface area contributed by atoms with Crippen molar-refractivity contribution in [2.45, 2.75) is 13.0 Å². The van der Waals surface area contributed by atoms with E-state index in [0.29, 0.717) is 0 Å². The van der Waals surface area contributed by atoms with E-state index in [1.807, 2.05) is 17.7 Å². The smallest absolute Gasteiger partial charge is 0.0639 e. The van der Waals surface area contributed by atoms with Gasteiger partial charge in [-0.15, -0.1) is 11.3 Å². The van der Waals surface area contributed by atoms with Gasteiger partial charge < -0.3 is 5.73 Å². The molecule has 11 heavy (non-hydrogen) atoms. The summed E-state index contributed by atoms with van der Waals surface area (Å²) in [5.74, 6) is 5.87. The second kappa shape index (κ2) is 3.91. The van der Waals surface area contributed by atoms with Gasteiger partial charge in [-0.2, -0.15) is 0 Å². The van der Waals surface area contributed by atoms with Crippen LogP contribution in [0.4, 0.5) is 0 Å². The standard InChI is InChI=1S/C8H8BrNS/c1-6(10)2-3-7-4-11-5-8(7)9/h4-6H,10H2,1H3. The molecule has 0 saturated heterocycles. The monoisotopic (exact) mass is 229 g/mol. The Morgan fingerprint density at radius 2 is 2.36 bits per heavy atom. The minimum absolute atomic E-state index is 0.0539. The van der Waals surface area contributed by atoms with E-state index in [-0.39, 0.29) is 6.04 Å². The van der Waals surface area contributed by atoms with Crippen molar-refractivity contribution in [2.24, 2.45) is 5.73 Å². The molecule has 58 valence electrons. The fourth-order valence-electron chi connectivity index (χ4n) is 0.562. The highest BCUT2D eigenvalue weighted by atomic mass is 79.9. The topological polar surface area (TPSA) is 26.0 Å². The lowest BCUT2D eigenvalue weighted by molar-refractivity contribution is 0.959. The molecule has 1 nitrogen and oxygen atoms in total. The lowest BCUT2D eigenvalue weighted by Gasteiger charge is -1.87. The molecule has 0 spiro atoms. The first kappa shape index (κ1) is 8.79. The van der Waals surface area contributed by atoms with E-state index < -0.39 is 0 Å². The van der Waals surface area contributed by atoms with E-state index in [0.717, 1.165) is 10.0 Å². The number of thiophene rings is 1. The van der Waals surface area contributed by atoms with Crippen LogP contribution in [0.1, 0.15) is 12.5 Å². The Bertz CT molecular complexity index is 293. The average Bonchev–Trinajstić information content (AvgIpc) is 2.31. The molecule has 1 rings (SSSR count). The summed E-state index contributed by atoms with van der Waals surface area (Å²) < 4.78 is 1.05. The zero-order valence-corrected chi connectivity index (χ0v) is 8.50. The maximum Gasteiger partial charge on any atom is 0.0639 e. The van der Waals surface area contributed by atoms with Crippen LogP contribution in [0.2, 0.25) is 0 Å². The molecule has 1 aromatic rings. The summed E-state index contributed by atoms with van der Waals surface area (Å²) in [7, 11) is 0. The number of hydrogen-bond acceptors (Lipinski definition) is 2. The molecule has 1 atom stereocenters. The second-order valence-corrected chi connectivity index (χ2v) is 3.79. The summed E-state index contributed by atoms with van der Waals surface area (Å²) in [5.41, 5.74) is 6.49. The Morgan fingerprint density at radius 1 is 1.64 bits per heavy atom. The van der Waals surface area contributed by atoms with E-state index in [4.69, 9.17) is 5.73 Å². The van der Waals surface area contributed by atoms with Crippen molar-refractivity contribution >= 4 is 27.3 Å². The molecular weight excluding hydrogens is 222 g/mol. The summed E-state index contributed by atoms with van der Waals surface area (Å²) in [6.07, 6.45) is 0. The van der Waals surface area contributed by atoms with E-state index in [1.54, 1.807) is 11.3 Å². The minimum Gasteiger partial charge on any atom is -0.318 e. The predicted molar refractivity (Wildman–Crippen MR) is 52.5 cm³/mol. The Morgan fingerprint density at radius 3 is 2.82 bits per heavy atom. The summed E-state index contributed by atoms with van der Waals surface area (Å²) in [4.78, 5) is 0. The van der Waals surface area contributed by atoms with Crippen LogP contribution in [0.25, 0.3) is 0 Å². The maximum absolute atomic E-state index is 5.47. The molecule has 1 unspecified atom stereocenters. The van der Waals surface area contributed by atoms with Crippen LogP contribution in [0.5, 0.6) is 0 Å². The highest BCUT2D eigenvalue weighted by Gasteiger charge is 1.94. The van der Waals surface area contributed by atoms with Crippen molar-refractivity contribution < 1.29 is 0 Å². The molecule has 0 saturated carbocycles. The Kier molecular flexibility index (Phi) is 3.13. The van der Waals surface area contributed by atoms with Crippen LogP contribution < -0.4 is 5.73 Å². The highest BCUT2D eigenvalue weighted by Crippen LogP contribution is 2.19. The van der Waals surface area contributed by atoms with Crippen LogP contribution in [-0.4, -0.2) is 6.04 Å². The Balaban J connectivity index is 2.81. The molecule has 0 aliphatic rings. The number of nitrogens with two attached hydrogens (primary N) is 1. The van der Waals surface area contributed by atoms with Crippen LogP contribution in [0.15, 0.2) is 15.2 Å². The van der Waals surface area contributed by atoms with Gasteiger partial charge in [0.1, 0.15) is 0 Å². The summed E-state index contributed by atoms with van der Waals surface area (Å²) in [6, 6.07) is -0.0539. The molecule has 2 N–H and O–H groups in total.